The smallest absolute Gasteiger partial charge is 0.224 e. The van der Waals surface area contributed by atoms with E-state index in [1.807, 2.05) is 0 Å². The number of carbonyl (C=O) groups excluding carboxylic acids is 1. The molecular formula is C13H24N2O2. The number of carbonyl (C=O) groups is 1. The van der Waals surface area contributed by atoms with Gasteiger partial charge in [-0.15, -0.1) is 0 Å². The molecule has 0 radical (unpaired) electrons. The second-order valence-corrected chi connectivity index (χ2v) is 5.57. The summed E-state index contributed by atoms with van der Waals surface area (Å²) < 4.78 is 5.49. The van der Waals surface area contributed by atoms with Crippen molar-refractivity contribution in [2.75, 3.05) is 13.2 Å². The Bertz CT molecular complexity index is 264. The van der Waals surface area contributed by atoms with Crippen molar-refractivity contribution in [2.24, 2.45) is 17.6 Å². The molecule has 3 N–H and O–H groups in total. The van der Waals surface area contributed by atoms with Gasteiger partial charge in [0, 0.05) is 19.2 Å². The first kappa shape index (κ1) is 12.8. The Labute approximate surface area is 103 Å². The van der Waals surface area contributed by atoms with E-state index in [1.165, 1.54) is 0 Å². The highest BCUT2D eigenvalue weighted by Gasteiger charge is 2.31. The van der Waals surface area contributed by atoms with Gasteiger partial charge in [0.2, 0.25) is 5.91 Å². The van der Waals surface area contributed by atoms with Crippen LogP contribution in [0, 0.1) is 11.8 Å². The largest absolute Gasteiger partial charge is 0.376 e. The highest BCUT2D eigenvalue weighted by molar-refractivity contribution is 5.79. The molecule has 4 nitrogen and oxygen atoms in total. The fraction of sp³-hybridized carbons (Fsp3) is 0.923. The Morgan fingerprint density at radius 1 is 1.41 bits per heavy atom. The Morgan fingerprint density at radius 2 is 2.24 bits per heavy atom. The SMILES string of the molecule is CC1CCC(N)C(C(=O)NCC2CCCO2)C1. The van der Waals surface area contributed by atoms with Gasteiger partial charge in [0.05, 0.1) is 12.0 Å². The zero-order valence-electron chi connectivity index (χ0n) is 10.7. The van der Waals surface area contributed by atoms with Crippen LogP contribution in [0.5, 0.6) is 0 Å². The summed E-state index contributed by atoms with van der Waals surface area (Å²) in [6, 6.07) is 0.0377. The van der Waals surface area contributed by atoms with E-state index in [0.29, 0.717) is 12.5 Å². The number of hydrogen-bond acceptors (Lipinski definition) is 3. The molecule has 17 heavy (non-hydrogen) atoms. The summed E-state index contributed by atoms with van der Waals surface area (Å²) in [6.07, 6.45) is 5.44. The molecule has 1 heterocycles. The summed E-state index contributed by atoms with van der Waals surface area (Å²) in [5.41, 5.74) is 6.03. The molecule has 0 aromatic carbocycles. The lowest BCUT2D eigenvalue weighted by Crippen LogP contribution is -2.46. The lowest BCUT2D eigenvalue weighted by Gasteiger charge is -2.31. The molecule has 4 atom stereocenters. The molecule has 2 fully saturated rings. The molecule has 0 spiro atoms. The molecule has 1 aliphatic carbocycles. The first-order valence-corrected chi connectivity index (χ1v) is 6.81. The lowest BCUT2D eigenvalue weighted by molar-refractivity contribution is -0.127. The van der Waals surface area contributed by atoms with Gasteiger partial charge in [0.1, 0.15) is 0 Å². The van der Waals surface area contributed by atoms with Gasteiger partial charge in [-0.2, -0.15) is 0 Å². The van der Waals surface area contributed by atoms with E-state index in [0.717, 1.165) is 38.7 Å². The highest BCUT2D eigenvalue weighted by atomic mass is 16.5. The van der Waals surface area contributed by atoms with E-state index < -0.39 is 0 Å². The van der Waals surface area contributed by atoms with Crippen LogP contribution >= 0.6 is 0 Å². The normalized spacial score (nSPS) is 38.0. The summed E-state index contributed by atoms with van der Waals surface area (Å²) >= 11 is 0. The number of nitrogens with one attached hydrogen (secondary N) is 1. The molecule has 4 unspecified atom stereocenters. The number of ether oxygens (including phenoxy) is 1. The third-order valence-corrected chi connectivity index (χ3v) is 4.03. The summed E-state index contributed by atoms with van der Waals surface area (Å²) in [4.78, 5) is 12.1. The van der Waals surface area contributed by atoms with E-state index >= 15 is 0 Å². The van der Waals surface area contributed by atoms with Crippen molar-refractivity contribution in [3.63, 3.8) is 0 Å². The van der Waals surface area contributed by atoms with E-state index in [1.54, 1.807) is 0 Å². The molecule has 0 aromatic heterocycles. The van der Waals surface area contributed by atoms with Gasteiger partial charge in [0.25, 0.3) is 0 Å². The molecule has 1 amide bonds. The maximum absolute atomic E-state index is 12.1. The van der Waals surface area contributed by atoms with Gasteiger partial charge >= 0.3 is 0 Å². The van der Waals surface area contributed by atoms with Crippen molar-refractivity contribution >= 4 is 5.91 Å². The Morgan fingerprint density at radius 3 is 2.94 bits per heavy atom. The van der Waals surface area contributed by atoms with Gasteiger partial charge < -0.3 is 15.8 Å². The molecule has 0 bridgehead atoms. The fourth-order valence-electron chi connectivity index (χ4n) is 2.86. The molecular weight excluding hydrogens is 216 g/mol. The van der Waals surface area contributed by atoms with Gasteiger partial charge in [-0.05, 0) is 38.0 Å². The zero-order valence-corrected chi connectivity index (χ0v) is 10.7. The first-order chi connectivity index (χ1) is 8.16. The second kappa shape index (κ2) is 5.83. The Hall–Kier alpha value is -0.610. The topological polar surface area (TPSA) is 64.4 Å². The van der Waals surface area contributed by atoms with Crippen molar-refractivity contribution in [2.45, 2.75) is 51.2 Å². The maximum atomic E-state index is 12.1. The van der Waals surface area contributed by atoms with E-state index in [-0.39, 0.29) is 24.0 Å². The molecule has 1 saturated carbocycles. The summed E-state index contributed by atoms with van der Waals surface area (Å²) in [7, 11) is 0. The van der Waals surface area contributed by atoms with Crippen molar-refractivity contribution in [1.29, 1.82) is 0 Å². The van der Waals surface area contributed by atoms with Crippen LogP contribution in [0.2, 0.25) is 0 Å². The molecule has 1 aliphatic heterocycles. The minimum absolute atomic E-state index is 0.000142. The minimum atomic E-state index is 0.000142. The number of amides is 1. The van der Waals surface area contributed by atoms with Crippen molar-refractivity contribution in [3.8, 4) is 0 Å². The number of hydrogen-bond donors (Lipinski definition) is 2. The van der Waals surface area contributed by atoms with Gasteiger partial charge in [-0.1, -0.05) is 6.92 Å². The average Bonchev–Trinajstić information content (AvgIpc) is 2.82. The summed E-state index contributed by atoms with van der Waals surface area (Å²) in [5.74, 6) is 0.744. The van der Waals surface area contributed by atoms with Crippen LogP contribution in [0.1, 0.15) is 39.0 Å². The molecule has 4 heteroatoms. The van der Waals surface area contributed by atoms with E-state index in [4.69, 9.17) is 10.5 Å². The van der Waals surface area contributed by atoms with E-state index in [2.05, 4.69) is 12.2 Å². The third kappa shape index (κ3) is 3.42. The monoisotopic (exact) mass is 240 g/mol. The molecule has 1 saturated heterocycles. The van der Waals surface area contributed by atoms with Crippen molar-refractivity contribution < 1.29 is 9.53 Å². The standard InChI is InChI=1S/C13H24N2O2/c1-9-4-5-12(14)11(7-9)13(16)15-8-10-3-2-6-17-10/h9-12H,2-8,14H2,1H3,(H,15,16). The van der Waals surface area contributed by atoms with Crippen LogP contribution in [0.3, 0.4) is 0 Å². The minimum Gasteiger partial charge on any atom is -0.376 e. The van der Waals surface area contributed by atoms with Crippen LogP contribution in [0.25, 0.3) is 0 Å². The van der Waals surface area contributed by atoms with Crippen LogP contribution in [-0.2, 0) is 9.53 Å². The lowest BCUT2D eigenvalue weighted by atomic mass is 9.79. The molecule has 98 valence electrons. The van der Waals surface area contributed by atoms with Gasteiger partial charge in [-0.3, -0.25) is 4.79 Å². The molecule has 0 aromatic rings. The van der Waals surface area contributed by atoms with Crippen molar-refractivity contribution in [3.05, 3.63) is 0 Å². The number of nitrogens with two attached hydrogens (primary N) is 1. The summed E-state index contributed by atoms with van der Waals surface area (Å²) in [5, 5.41) is 3.00. The van der Waals surface area contributed by atoms with Crippen LogP contribution in [-0.4, -0.2) is 31.2 Å². The molecule has 2 aliphatic rings. The van der Waals surface area contributed by atoms with E-state index in [9.17, 15) is 4.79 Å². The second-order valence-electron chi connectivity index (χ2n) is 5.57. The predicted molar refractivity (Wildman–Crippen MR) is 66.5 cm³/mol. The third-order valence-electron chi connectivity index (χ3n) is 4.03. The fourth-order valence-corrected chi connectivity index (χ4v) is 2.86. The quantitative estimate of drug-likeness (QED) is 0.775. The zero-order chi connectivity index (χ0) is 12.3. The Kier molecular flexibility index (Phi) is 4.40. The average molecular weight is 240 g/mol. The Balaban J connectivity index is 1.77. The highest BCUT2D eigenvalue weighted by Crippen LogP contribution is 2.28. The first-order valence-electron chi connectivity index (χ1n) is 6.81. The van der Waals surface area contributed by atoms with Crippen LogP contribution < -0.4 is 11.1 Å². The molecule has 2 rings (SSSR count). The van der Waals surface area contributed by atoms with Crippen LogP contribution in [0.15, 0.2) is 0 Å². The summed E-state index contributed by atoms with van der Waals surface area (Å²) in [6.45, 7) is 3.68. The predicted octanol–water partition coefficient (Wildman–Crippen LogP) is 1.05. The van der Waals surface area contributed by atoms with Gasteiger partial charge in [0.15, 0.2) is 0 Å². The van der Waals surface area contributed by atoms with Crippen molar-refractivity contribution in [1.82, 2.24) is 5.32 Å². The number of rotatable bonds is 3. The maximum Gasteiger partial charge on any atom is 0.224 e. The van der Waals surface area contributed by atoms with Crippen LogP contribution in [0.4, 0.5) is 0 Å². The van der Waals surface area contributed by atoms with Gasteiger partial charge in [-0.25, -0.2) is 0 Å².